The Labute approximate surface area is 83.1 Å². The van der Waals surface area contributed by atoms with Crippen molar-refractivity contribution in [3.8, 4) is 6.07 Å². The topological polar surface area (TPSA) is 79.8 Å². The summed E-state index contributed by atoms with van der Waals surface area (Å²) in [7, 11) is 0. The third-order valence-corrected chi connectivity index (χ3v) is 1.86. The van der Waals surface area contributed by atoms with E-state index in [2.05, 4.69) is 4.98 Å². The molecule has 0 spiro atoms. The van der Waals surface area contributed by atoms with Crippen LogP contribution in [0.2, 0.25) is 0 Å². The van der Waals surface area contributed by atoms with E-state index in [0.29, 0.717) is 0 Å². The van der Waals surface area contributed by atoms with Crippen molar-refractivity contribution in [2.75, 3.05) is 0 Å². The van der Waals surface area contributed by atoms with Crippen molar-refractivity contribution in [3.05, 3.63) is 33.1 Å². The van der Waals surface area contributed by atoms with E-state index in [9.17, 15) is 18.9 Å². The van der Waals surface area contributed by atoms with Gasteiger partial charge in [0.05, 0.1) is 10.5 Å². The number of nitrogens with zero attached hydrogens (tertiary/aromatic N) is 3. The summed E-state index contributed by atoms with van der Waals surface area (Å²) in [5.41, 5.74) is -1.68. The van der Waals surface area contributed by atoms with E-state index in [1.54, 1.807) is 0 Å². The largest absolute Gasteiger partial charge is 0.291 e. The van der Waals surface area contributed by atoms with Crippen LogP contribution in [0.5, 0.6) is 0 Å². The maximum Gasteiger partial charge on any atom is 0.291 e. The number of nitriles is 1. The molecule has 0 amide bonds. The molecule has 0 aliphatic carbocycles. The molecule has 0 aliphatic rings. The minimum Gasteiger partial charge on any atom is -0.258 e. The molecule has 0 atom stereocenters. The number of alkyl halides is 2. The van der Waals surface area contributed by atoms with Crippen LogP contribution in [0.4, 0.5) is 14.5 Å². The maximum absolute atomic E-state index is 12.3. The molecule has 0 saturated carbocycles. The van der Waals surface area contributed by atoms with Crippen LogP contribution in [-0.4, -0.2) is 9.91 Å². The molecular formula is C8H5F2N3O2. The first-order chi connectivity index (χ1) is 6.99. The Morgan fingerprint density at radius 3 is 2.67 bits per heavy atom. The van der Waals surface area contributed by atoms with E-state index in [-0.39, 0.29) is 5.56 Å². The predicted molar refractivity (Wildman–Crippen MR) is 45.3 cm³/mol. The summed E-state index contributed by atoms with van der Waals surface area (Å²) in [6, 6.07) is 1.49. The lowest BCUT2D eigenvalue weighted by atomic mass is 10.1. The van der Waals surface area contributed by atoms with Crippen LogP contribution >= 0.6 is 0 Å². The van der Waals surface area contributed by atoms with Crippen LogP contribution in [0, 0.1) is 28.4 Å². The SMILES string of the molecule is Cc1c([N+](=O)[O-])cnc(C(F)F)c1C#N. The van der Waals surface area contributed by atoms with Crippen LogP contribution < -0.4 is 0 Å². The molecule has 0 bridgehead atoms. The summed E-state index contributed by atoms with van der Waals surface area (Å²) in [5.74, 6) is 0. The molecule has 1 heterocycles. The molecule has 7 heteroatoms. The molecule has 0 aliphatic heterocycles. The van der Waals surface area contributed by atoms with Gasteiger partial charge in [-0.3, -0.25) is 10.1 Å². The van der Waals surface area contributed by atoms with Crippen LogP contribution in [0.15, 0.2) is 6.20 Å². The summed E-state index contributed by atoms with van der Waals surface area (Å²) < 4.78 is 24.7. The van der Waals surface area contributed by atoms with Gasteiger partial charge in [0.2, 0.25) is 0 Å². The number of rotatable bonds is 2. The Balaban J connectivity index is 3.48. The Bertz CT molecular complexity index is 454. The zero-order valence-electron chi connectivity index (χ0n) is 7.57. The summed E-state index contributed by atoms with van der Waals surface area (Å²) in [6.45, 7) is 1.24. The molecule has 1 rings (SSSR count). The van der Waals surface area contributed by atoms with Crippen molar-refractivity contribution in [2.24, 2.45) is 0 Å². The molecule has 78 valence electrons. The van der Waals surface area contributed by atoms with Crippen molar-refractivity contribution in [2.45, 2.75) is 13.3 Å². The van der Waals surface area contributed by atoms with E-state index < -0.39 is 28.3 Å². The van der Waals surface area contributed by atoms with Crippen molar-refractivity contribution in [3.63, 3.8) is 0 Å². The molecule has 0 N–H and O–H groups in total. The Morgan fingerprint density at radius 1 is 1.67 bits per heavy atom. The van der Waals surface area contributed by atoms with Gasteiger partial charge in [-0.25, -0.2) is 13.8 Å². The Morgan fingerprint density at radius 2 is 2.27 bits per heavy atom. The predicted octanol–water partition coefficient (Wildman–Crippen LogP) is 2.11. The lowest BCUT2D eigenvalue weighted by Gasteiger charge is -2.04. The van der Waals surface area contributed by atoms with Crippen LogP contribution in [0.25, 0.3) is 0 Å². The van der Waals surface area contributed by atoms with Crippen molar-refractivity contribution < 1.29 is 13.7 Å². The number of hydrogen-bond donors (Lipinski definition) is 0. The lowest BCUT2D eigenvalue weighted by Crippen LogP contribution is -2.02. The second-order valence-corrected chi connectivity index (χ2v) is 2.70. The molecule has 0 radical (unpaired) electrons. The molecular weight excluding hydrogens is 208 g/mol. The normalized spacial score (nSPS) is 10.1. The van der Waals surface area contributed by atoms with Gasteiger partial charge < -0.3 is 0 Å². The fourth-order valence-electron chi connectivity index (χ4n) is 1.10. The summed E-state index contributed by atoms with van der Waals surface area (Å²) in [5, 5.41) is 19.0. The molecule has 0 aromatic carbocycles. The third kappa shape index (κ3) is 1.88. The van der Waals surface area contributed by atoms with E-state index in [1.165, 1.54) is 13.0 Å². The summed E-state index contributed by atoms with van der Waals surface area (Å²) >= 11 is 0. The van der Waals surface area contributed by atoms with E-state index >= 15 is 0 Å². The average Bonchev–Trinajstić information content (AvgIpc) is 2.16. The summed E-state index contributed by atoms with van der Waals surface area (Å²) in [4.78, 5) is 12.9. The zero-order chi connectivity index (χ0) is 11.6. The maximum atomic E-state index is 12.3. The van der Waals surface area contributed by atoms with Gasteiger partial charge in [-0.2, -0.15) is 5.26 Å². The molecule has 1 aromatic heterocycles. The van der Waals surface area contributed by atoms with Gasteiger partial charge >= 0.3 is 0 Å². The minimum atomic E-state index is -2.92. The first-order valence-electron chi connectivity index (χ1n) is 3.81. The summed E-state index contributed by atoms with van der Waals surface area (Å²) in [6.07, 6.45) is -2.18. The molecule has 1 aromatic rings. The molecule has 0 fully saturated rings. The smallest absolute Gasteiger partial charge is 0.258 e. The fourth-order valence-corrected chi connectivity index (χ4v) is 1.10. The molecule has 15 heavy (non-hydrogen) atoms. The number of aromatic nitrogens is 1. The van der Waals surface area contributed by atoms with Gasteiger partial charge in [0.15, 0.2) is 0 Å². The standard InChI is InChI=1S/C8H5F2N3O2/c1-4-5(2-11)7(8(9)10)12-3-6(4)13(14)15/h3,8H,1H3. The monoisotopic (exact) mass is 213 g/mol. The highest BCUT2D eigenvalue weighted by Crippen LogP contribution is 2.27. The highest BCUT2D eigenvalue weighted by Gasteiger charge is 2.23. The van der Waals surface area contributed by atoms with Gasteiger partial charge in [-0.15, -0.1) is 0 Å². The third-order valence-electron chi connectivity index (χ3n) is 1.86. The van der Waals surface area contributed by atoms with Gasteiger partial charge in [-0.1, -0.05) is 0 Å². The van der Waals surface area contributed by atoms with E-state index in [4.69, 9.17) is 5.26 Å². The van der Waals surface area contributed by atoms with E-state index in [0.717, 1.165) is 6.20 Å². The van der Waals surface area contributed by atoms with Crippen molar-refractivity contribution in [1.29, 1.82) is 5.26 Å². The lowest BCUT2D eigenvalue weighted by molar-refractivity contribution is -0.385. The van der Waals surface area contributed by atoms with Crippen molar-refractivity contribution >= 4 is 5.69 Å². The first kappa shape index (κ1) is 11.0. The van der Waals surface area contributed by atoms with Crippen LogP contribution in [0.1, 0.15) is 23.2 Å². The highest BCUT2D eigenvalue weighted by molar-refractivity contribution is 5.50. The second-order valence-electron chi connectivity index (χ2n) is 2.70. The molecule has 0 saturated heterocycles. The van der Waals surface area contributed by atoms with Crippen LogP contribution in [-0.2, 0) is 0 Å². The number of halogens is 2. The average molecular weight is 213 g/mol. The van der Waals surface area contributed by atoms with Gasteiger partial charge in [0.1, 0.15) is 18.0 Å². The van der Waals surface area contributed by atoms with Crippen molar-refractivity contribution in [1.82, 2.24) is 4.98 Å². The van der Waals surface area contributed by atoms with Gasteiger partial charge in [0.25, 0.3) is 12.1 Å². The number of nitro groups is 1. The van der Waals surface area contributed by atoms with Gasteiger partial charge in [-0.05, 0) is 6.92 Å². The van der Waals surface area contributed by atoms with Crippen LogP contribution in [0.3, 0.4) is 0 Å². The molecule has 5 nitrogen and oxygen atoms in total. The number of hydrogen-bond acceptors (Lipinski definition) is 4. The van der Waals surface area contributed by atoms with E-state index in [1.807, 2.05) is 0 Å². The first-order valence-corrected chi connectivity index (χ1v) is 3.81. The zero-order valence-corrected chi connectivity index (χ0v) is 7.57. The Hall–Kier alpha value is -2.10. The number of pyridine rings is 1. The quantitative estimate of drug-likeness (QED) is 0.556. The highest BCUT2D eigenvalue weighted by atomic mass is 19.3. The second kappa shape index (κ2) is 3.96. The molecule has 0 unspecified atom stereocenters. The van der Waals surface area contributed by atoms with Gasteiger partial charge in [0, 0.05) is 5.56 Å². The Kier molecular flexibility index (Phi) is 2.90. The minimum absolute atomic E-state index is 0.0900. The fraction of sp³-hybridized carbons (Fsp3) is 0.250.